The lowest BCUT2D eigenvalue weighted by Gasteiger charge is -2.09. The SMILES string of the molecule is O=C(NCc1ccc(C(F)(F)F)cc1)c1cc(-c2ccncc2)n[nH]c1=O.O=C(O)C(F)(F)F. The molecule has 0 saturated heterocycles. The Bertz CT molecular complexity index is 1190. The molecule has 0 radical (unpaired) electrons. The lowest BCUT2D eigenvalue weighted by Crippen LogP contribution is -2.29. The maximum absolute atomic E-state index is 12.6. The predicted octanol–water partition coefficient (Wildman–Crippen LogP) is 3.41. The van der Waals surface area contributed by atoms with Crippen LogP contribution in [0.15, 0.2) is 59.7 Å². The zero-order valence-corrected chi connectivity index (χ0v) is 16.7. The van der Waals surface area contributed by atoms with Crippen LogP contribution in [0.1, 0.15) is 21.5 Å². The van der Waals surface area contributed by atoms with Crippen molar-refractivity contribution < 1.29 is 41.0 Å². The van der Waals surface area contributed by atoms with Crippen LogP contribution in [0.3, 0.4) is 0 Å². The minimum Gasteiger partial charge on any atom is -0.475 e. The van der Waals surface area contributed by atoms with Crippen molar-refractivity contribution in [3.05, 3.63) is 81.9 Å². The quantitative estimate of drug-likeness (QED) is 0.484. The van der Waals surface area contributed by atoms with E-state index in [1.165, 1.54) is 18.2 Å². The smallest absolute Gasteiger partial charge is 0.475 e. The summed E-state index contributed by atoms with van der Waals surface area (Å²) < 4.78 is 69.4. The number of amides is 1. The van der Waals surface area contributed by atoms with Gasteiger partial charge in [-0.1, -0.05) is 12.1 Å². The van der Waals surface area contributed by atoms with Gasteiger partial charge in [0.1, 0.15) is 5.56 Å². The summed E-state index contributed by atoms with van der Waals surface area (Å²) in [5, 5.41) is 15.8. The van der Waals surface area contributed by atoms with Crippen LogP contribution >= 0.6 is 0 Å². The van der Waals surface area contributed by atoms with Gasteiger partial charge in [0.15, 0.2) is 0 Å². The third kappa shape index (κ3) is 7.43. The zero-order chi connectivity index (χ0) is 25.5. The maximum Gasteiger partial charge on any atom is 0.490 e. The highest BCUT2D eigenvalue weighted by Crippen LogP contribution is 2.29. The lowest BCUT2D eigenvalue weighted by atomic mass is 10.1. The number of H-pyrrole nitrogens is 1. The molecule has 8 nitrogen and oxygen atoms in total. The van der Waals surface area contributed by atoms with E-state index in [-0.39, 0.29) is 12.1 Å². The molecule has 0 spiro atoms. The van der Waals surface area contributed by atoms with Gasteiger partial charge < -0.3 is 10.4 Å². The molecule has 3 rings (SSSR count). The molecule has 3 aromatic rings. The number of aromatic nitrogens is 3. The number of nitrogens with one attached hydrogen (secondary N) is 2. The van der Waals surface area contributed by atoms with Crippen molar-refractivity contribution in [1.82, 2.24) is 20.5 Å². The van der Waals surface area contributed by atoms with Crippen LogP contribution in [0, 0.1) is 0 Å². The number of nitrogens with zero attached hydrogens (tertiary/aromatic N) is 2. The van der Waals surface area contributed by atoms with E-state index in [0.29, 0.717) is 16.8 Å². The van der Waals surface area contributed by atoms with Crippen LogP contribution in [0.2, 0.25) is 0 Å². The van der Waals surface area contributed by atoms with E-state index >= 15 is 0 Å². The Morgan fingerprint density at radius 2 is 1.53 bits per heavy atom. The summed E-state index contributed by atoms with van der Waals surface area (Å²) in [4.78, 5) is 37.0. The first-order valence-electron chi connectivity index (χ1n) is 9.03. The predicted molar refractivity (Wildman–Crippen MR) is 104 cm³/mol. The third-order valence-electron chi connectivity index (χ3n) is 4.00. The highest BCUT2D eigenvalue weighted by atomic mass is 19.4. The Hall–Kier alpha value is -4.23. The summed E-state index contributed by atoms with van der Waals surface area (Å²) in [6.07, 6.45) is -6.41. The summed E-state index contributed by atoms with van der Waals surface area (Å²) in [6.45, 7) is -0.0245. The Labute approximate surface area is 186 Å². The second-order valence-corrected chi connectivity index (χ2v) is 6.41. The first-order chi connectivity index (χ1) is 15.8. The summed E-state index contributed by atoms with van der Waals surface area (Å²) in [6, 6.07) is 9.08. The van der Waals surface area contributed by atoms with Gasteiger partial charge in [-0.25, -0.2) is 9.89 Å². The van der Waals surface area contributed by atoms with E-state index in [9.17, 15) is 35.9 Å². The monoisotopic (exact) mass is 488 g/mol. The average Bonchev–Trinajstić information content (AvgIpc) is 2.78. The summed E-state index contributed by atoms with van der Waals surface area (Å²) in [5.41, 5.74) is -0.0718. The maximum atomic E-state index is 12.6. The fourth-order valence-corrected chi connectivity index (χ4v) is 2.33. The third-order valence-corrected chi connectivity index (χ3v) is 4.00. The molecule has 0 atom stereocenters. The second kappa shape index (κ2) is 10.6. The summed E-state index contributed by atoms with van der Waals surface area (Å²) in [5.74, 6) is -3.42. The first-order valence-corrected chi connectivity index (χ1v) is 9.03. The molecule has 0 aliphatic heterocycles. The van der Waals surface area contributed by atoms with Gasteiger partial charge in [0.25, 0.3) is 11.5 Å². The van der Waals surface area contributed by atoms with Crippen molar-refractivity contribution in [2.45, 2.75) is 18.9 Å². The Morgan fingerprint density at radius 3 is 2.03 bits per heavy atom. The molecule has 180 valence electrons. The van der Waals surface area contributed by atoms with E-state index < -0.39 is 35.4 Å². The van der Waals surface area contributed by atoms with E-state index in [1.54, 1.807) is 24.5 Å². The molecular weight excluding hydrogens is 474 g/mol. The van der Waals surface area contributed by atoms with Crippen molar-refractivity contribution in [1.29, 1.82) is 0 Å². The summed E-state index contributed by atoms with van der Waals surface area (Å²) >= 11 is 0. The highest BCUT2D eigenvalue weighted by molar-refractivity contribution is 5.94. The van der Waals surface area contributed by atoms with Crippen LogP contribution in [-0.2, 0) is 17.5 Å². The molecule has 0 bridgehead atoms. The van der Waals surface area contributed by atoms with Crippen molar-refractivity contribution in [2.75, 3.05) is 0 Å². The molecule has 34 heavy (non-hydrogen) atoms. The Morgan fingerprint density at radius 1 is 0.971 bits per heavy atom. The largest absolute Gasteiger partial charge is 0.490 e. The van der Waals surface area contributed by atoms with E-state index in [1.807, 2.05) is 0 Å². The molecule has 3 N–H and O–H groups in total. The number of carboxylic acid groups (broad SMARTS) is 1. The van der Waals surface area contributed by atoms with Crippen LogP contribution in [-0.4, -0.2) is 38.3 Å². The Kier molecular flexibility index (Phi) is 8.11. The van der Waals surface area contributed by atoms with Crippen molar-refractivity contribution in [2.24, 2.45) is 0 Å². The molecule has 0 fully saturated rings. The van der Waals surface area contributed by atoms with Gasteiger partial charge in [-0.2, -0.15) is 31.4 Å². The van der Waals surface area contributed by atoms with Gasteiger partial charge in [0.05, 0.1) is 11.3 Å². The van der Waals surface area contributed by atoms with Gasteiger partial charge in [0.2, 0.25) is 0 Å². The van der Waals surface area contributed by atoms with Gasteiger partial charge >= 0.3 is 18.3 Å². The van der Waals surface area contributed by atoms with Gasteiger partial charge in [-0.3, -0.25) is 14.6 Å². The number of rotatable bonds is 4. The number of benzene rings is 1. The Balaban J connectivity index is 0.000000509. The molecule has 0 aliphatic rings. The molecule has 14 heteroatoms. The van der Waals surface area contributed by atoms with Crippen LogP contribution < -0.4 is 10.9 Å². The molecule has 2 heterocycles. The van der Waals surface area contributed by atoms with Crippen molar-refractivity contribution in [3.63, 3.8) is 0 Å². The number of aliphatic carboxylic acids is 1. The van der Waals surface area contributed by atoms with Crippen LogP contribution in [0.25, 0.3) is 11.3 Å². The lowest BCUT2D eigenvalue weighted by molar-refractivity contribution is -0.192. The van der Waals surface area contributed by atoms with Crippen molar-refractivity contribution >= 4 is 11.9 Å². The number of hydrogen-bond acceptors (Lipinski definition) is 5. The minimum absolute atomic E-state index is 0.0245. The van der Waals surface area contributed by atoms with E-state index in [0.717, 1.165) is 12.1 Å². The zero-order valence-electron chi connectivity index (χ0n) is 16.7. The average molecular weight is 488 g/mol. The number of pyridine rings is 1. The number of carbonyl (C=O) groups excluding carboxylic acids is 1. The fraction of sp³-hybridized carbons (Fsp3) is 0.150. The normalized spacial score (nSPS) is 11.2. The molecule has 1 aromatic carbocycles. The summed E-state index contributed by atoms with van der Waals surface area (Å²) in [7, 11) is 0. The molecule has 0 saturated carbocycles. The highest BCUT2D eigenvalue weighted by Gasteiger charge is 2.38. The number of hydrogen-bond donors (Lipinski definition) is 3. The standard InChI is InChI=1S/C18H13F3N4O2.C2HF3O2/c19-18(20,21)13-3-1-11(2-4-13)10-23-16(26)14-9-15(24-25-17(14)27)12-5-7-22-8-6-12;3-2(4,5)1(6)7/h1-9H,10H2,(H,23,26)(H,25,27);(H,6,7). The van der Waals surface area contributed by atoms with E-state index in [4.69, 9.17) is 9.90 Å². The van der Waals surface area contributed by atoms with E-state index in [2.05, 4.69) is 20.5 Å². The number of carboxylic acids is 1. The van der Waals surface area contributed by atoms with Gasteiger partial charge in [0, 0.05) is 24.5 Å². The van der Waals surface area contributed by atoms with Crippen LogP contribution in [0.5, 0.6) is 0 Å². The topological polar surface area (TPSA) is 125 Å². The molecule has 2 aromatic heterocycles. The van der Waals surface area contributed by atoms with Crippen molar-refractivity contribution in [3.8, 4) is 11.3 Å². The number of aromatic amines is 1. The molecule has 0 aliphatic carbocycles. The second-order valence-electron chi connectivity index (χ2n) is 6.41. The molecular formula is C20H14F6N4O4. The van der Waals surface area contributed by atoms with Gasteiger partial charge in [-0.15, -0.1) is 0 Å². The van der Waals surface area contributed by atoms with Crippen LogP contribution in [0.4, 0.5) is 26.3 Å². The molecule has 1 amide bonds. The number of halogens is 6. The minimum atomic E-state index is -5.08. The van der Waals surface area contributed by atoms with Gasteiger partial charge in [-0.05, 0) is 35.9 Å². The fourth-order valence-electron chi connectivity index (χ4n) is 2.33. The molecule has 0 unspecified atom stereocenters. The first kappa shape index (κ1) is 26.0. The number of carbonyl (C=O) groups is 2. The number of alkyl halides is 6.